The maximum Gasteiger partial charge on any atom is 0.322 e. The van der Waals surface area contributed by atoms with E-state index < -0.39 is 0 Å². The molecule has 1 aromatic heterocycles. The molecule has 1 aliphatic carbocycles. The third-order valence-electron chi connectivity index (χ3n) is 4.06. The van der Waals surface area contributed by atoms with E-state index in [1.165, 1.54) is 5.56 Å². The van der Waals surface area contributed by atoms with E-state index in [0.717, 1.165) is 18.4 Å². The third-order valence-corrected chi connectivity index (χ3v) is 4.26. The molecule has 0 bridgehead atoms. The number of aryl methyl sites for hydroxylation is 1. The molecular formula is C17H18ClN3O2. The van der Waals surface area contributed by atoms with Crippen LogP contribution in [0.1, 0.15) is 23.6 Å². The molecule has 6 heteroatoms. The number of halogens is 1. The molecule has 2 N–H and O–H groups in total. The van der Waals surface area contributed by atoms with Crippen molar-refractivity contribution in [1.82, 2.24) is 9.88 Å². The van der Waals surface area contributed by atoms with Gasteiger partial charge in [-0.3, -0.25) is 0 Å². The van der Waals surface area contributed by atoms with Gasteiger partial charge in [-0.15, -0.1) is 0 Å². The summed E-state index contributed by atoms with van der Waals surface area (Å²) in [5, 5.41) is 12.5. The van der Waals surface area contributed by atoms with Crippen molar-refractivity contribution in [2.75, 3.05) is 18.5 Å². The highest BCUT2D eigenvalue weighted by Gasteiger charge is 2.30. The van der Waals surface area contributed by atoms with Crippen LogP contribution in [0, 0.1) is 0 Å². The van der Waals surface area contributed by atoms with E-state index in [0.29, 0.717) is 10.8 Å². The van der Waals surface area contributed by atoms with E-state index in [1.807, 2.05) is 18.2 Å². The SMILES string of the molecule is O=C(Nc1ccnc(Cl)c1)N(CCO)C1CCc2ccccc21. The van der Waals surface area contributed by atoms with E-state index in [2.05, 4.69) is 16.4 Å². The van der Waals surface area contributed by atoms with Crippen molar-refractivity contribution in [1.29, 1.82) is 0 Å². The van der Waals surface area contributed by atoms with Crippen molar-refractivity contribution in [3.8, 4) is 0 Å². The van der Waals surface area contributed by atoms with Crippen molar-refractivity contribution in [3.05, 3.63) is 58.9 Å². The summed E-state index contributed by atoms with van der Waals surface area (Å²) in [4.78, 5) is 18.2. The number of pyridine rings is 1. The van der Waals surface area contributed by atoms with Crippen LogP contribution in [0.15, 0.2) is 42.6 Å². The summed E-state index contributed by atoms with van der Waals surface area (Å²) in [6.45, 7) is 0.201. The number of amides is 2. The van der Waals surface area contributed by atoms with Gasteiger partial charge < -0.3 is 15.3 Å². The number of aromatic nitrogens is 1. The molecule has 3 rings (SSSR count). The van der Waals surface area contributed by atoms with Gasteiger partial charge in [0.15, 0.2) is 0 Å². The van der Waals surface area contributed by atoms with Crippen LogP contribution in [0.5, 0.6) is 0 Å². The Morgan fingerprint density at radius 3 is 3.00 bits per heavy atom. The first-order chi connectivity index (χ1) is 11.2. The number of aliphatic hydroxyl groups is 1. The number of anilines is 1. The fraction of sp³-hybridized carbons (Fsp3) is 0.294. The zero-order chi connectivity index (χ0) is 16.2. The molecule has 0 spiro atoms. The Bertz CT molecular complexity index is 708. The molecule has 1 aliphatic rings. The summed E-state index contributed by atoms with van der Waals surface area (Å²) in [6, 6.07) is 11.1. The molecule has 1 atom stereocenters. The minimum Gasteiger partial charge on any atom is -0.395 e. The number of fused-ring (bicyclic) bond motifs is 1. The predicted octanol–water partition coefficient (Wildman–Crippen LogP) is 3.25. The summed E-state index contributed by atoms with van der Waals surface area (Å²) in [5.74, 6) is 0. The molecule has 0 radical (unpaired) electrons. The first kappa shape index (κ1) is 15.8. The Morgan fingerprint density at radius 1 is 1.39 bits per heavy atom. The lowest BCUT2D eigenvalue weighted by molar-refractivity contribution is 0.162. The van der Waals surface area contributed by atoms with Gasteiger partial charge in [-0.1, -0.05) is 35.9 Å². The molecule has 0 aliphatic heterocycles. The molecule has 5 nitrogen and oxygen atoms in total. The van der Waals surface area contributed by atoms with Crippen LogP contribution in [0.4, 0.5) is 10.5 Å². The van der Waals surface area contributed by atoms with Gasteiger partial charge in [-0.2, -0.15) is 0 Å². The number of carbonyl (C=O) groups excluding carboxylic acids is 1. The number of urea groups is 1. The first-order valence-corrected chi connectivity index (χ1v) is 7.94. The Labute approximate surface area is 139 Å². The molecular weight excluding hydrogens is 314 g/mol. The van der Waals surface area contributed by atoms with Crippen molar-refractivity contribution in [2.24, 2.45) is 0 Å². The summed E-state index contributed by atoms with van der Waals surface area (Å²) in [7, 11) is 0. The Hall–Kier alpha value is -2.11. The number of rotatable bonds is 4. The number of nitrogens with one attached hydrogen (secondary N) is 1. The van der Waals surface area contributed by atoms with Gasteiger partial charge in [-0.25, -0.2) is 9.78 Å². The van der Waals surface area contributed by atoms with Crippen molar-refractivity contribution in [2.45, 2.75) is 18.9 Å². The largest absolute Gasteiger partial charge is 0.395 e. The molecule has 1 aromatic carbocycles. The van der Waals surface area contributed by atoms with Crippen LogP contribution in [0.25, 0.3) is 0 Å². The molecule has 0 saturated heterocycles. The molecule has 0 saturated carbocycles. The van der Waals surface area contributed by atoms with E-state index in [9.17, 15) is 9.90 Å². The monoisotopic (exact) mass is 331 g/mol. The van der Waals surface area contributed by atoms with Gasteiger partial charge in [0, 0.05) is 18.4 Å². The van der Waals surface area contributed by atoms with Gasteiger partial charge in [0.2, 0.25) is 0 Å². The van der Waals surface area contributed by atoms with Crippen LogP contribution in [0.2, 0.25) is 5.15 Å². The average molecular weight is 332 g/mol. The maximum absolute atomic E-state index is 12.7. The number of benzene rings is 1. The Balaban J connectivity index is 1.80. The number of aliphatic hydroxyl groups excluding tert-OH is 1. The summed E-state index contributed by atoms with van der Waals surface area (Å²) in [5.41, 5.74) is 3.01. The fourth-order valence-corrected chi connectivity index (χ4v) is 3.21. The zero-order valence-electron chi connectivity index (χ0n) is 12.6. The van der Waals surface area contributed by atoms with Crippen LogP contribution in [0.3, 0.4) is 0 Å². The molecule has 1 unspecified atom stereocenters. The highest BCUT2D eigenvalue weighted by atomic mass is 35.5. The Morgan fingerprint density at radius 2 is 2.22 bits per heavy atom. The number of nitrogens with zero attached hydrogens (tertiary/aromatic N) is 2. The fourth-order valence-electron chi connectivity index (χ4n) is 3.04. The van der Waals surface area contributed by atoms with Crippen LogP contribution < -0.4 is 5.32 Å². The lowest BCUT2D eigenvalue weighted by Crippen LogP contribution is -2.39. The lowest BCUT2D eigenvalue weighted by Gasteiger charge is -2.29. The molecule has 0 fully saturated rings. The highest BCUT2D eigenvalue weighted by molar-refractivity contribution is 6.29. The normalized spacial score (nSPS) is 16.0. The van der Waals surface area contributed by atoms with Gasteiger partial charge in [0.05, 0.1) is 12.6 Å². The quantitative estimate of drug-likeness (QED) is 0.845. The topological polar surface area (TPSA) is 65.5 Å². The first-order valence-electron chi connectivity index (χ1n) is 7.57. The molecule has 1 heterocycles. The minimum absolute atomic E-state index is 0.0179. The summed E-state index contributed by atoms with van der Waals surface area (Å²) in [6.07, 6.45) is 3.35. The highest BCUT2D eigenvalue weighted by Crippen LogP contribution is 2.35. The molecule has 2 aromatic rings. The summed E-state index contributed by atoms with van der Waals surface area (Å²) < 4.78 is 0. The average Bonchev–Trinajstić information content (AvgIpc) is 2.96. The minimum atomic E-state index is -0.247. The van der Waals surface area contributed by atoms with E-state index >= 15 is 0 Å². The lowest BCUT2D eigenvalue weighted by atomic mass is 10.1. The maximum atomic E-state index is 12.7. The second kappa shape index (κ2) is 6.98. The Kier molecular flexibility index (Phi) is 4.79. The smallest absolute Gasteiger partial charge is 0.322 e. The second-order valence-electron chi connectivity index (χ2n) is 5.47. The van der Waals surface area contributed by atoms with Gasteiger partial charge >= 0.3 is 6.03 Å². The van der Waals surface area contributed by atoms with Crippen molar-refractivity contribution in [3.63, 3.8) is 0 Å². The number of hydrogen-bond acceptors (Lipinski definition) is 3. The molecule has 120 valence electrons. The van der Waals surface area contributed by atoms with Crippen molar-refractivity contribution < 1.29 is 9.90 Å². The number of hydrogen-bond donors (Lipinski definition) is 2. The van der Waals surface area contributed by atoms with Gasteiger partial charge in [0.25, 0.3) is 0 Å². The number of carbonyl (C=O) groups is 1. The van der Waals surface area contributed by atoms with Crippen LogP contribution >= 0.6 is 11.6 Å². The second-order valence-corrected chi connectivity index (χ2v) is 5.85. The standard InChI is InChI=1S/C17H18ClN3O2/c18-16-11-13(7-8-19-16)20-17(23)21(9-10-22)15-6-5-12-3-1-2-4-14(12)15/h1-4,7-8,11,15,22H,5-6,9-10H2,(H,19,20,23). The van der Waals surface area contributed by atoms with Crippen LogP contribution in [-0.4, -0.2) is 34.2 Å². The van der Waals surface area contributed by atoms with Gasteiger partial charge in [0.1, 0.15) is 5.15 Å². The van der Waals surface area contributed by atoms with E-state index in [1.54, 1.807) is 23.2 Å². The molecule has 2 amide bonds. The van der Waals surface area contributed by atoms with E-state index in [4.69, 9.17) is 11.6 Å². The predicted molar refractivity (Wildman–Crippen MR) is 89.6 cm³/mol. The van der Waals surface area contributed by atoms with Crippen molar-refractivity contribution >= 4 is 23.3 Å². The van der Waals surface area contributed by atoms with Crippen LogP contribution in [-0.2, 0) is 6.42 Å². The summed E-state index contributed by atoms with van der Waals surface area (Å²) >= 11 is 5.85. The third kappa shape index (κ3) is 3.46. The zero-order valence-corrected chi connectivity index (χ0v) is 13.3. The van der Waals surface area contributed by atoms with Gasteiger partial charge in [-0.05, 0) is 36.1 Å². The van der Waals surface area contributed by atoms with E-state index in [-0.39, 0.29) is 25.2 Å². The molecule has 23 heavy (non-hydrogen) atoms.